The Balaban J connectivity index is 1.31. The topological polar surface area (TPSA) is 131 Å². The van der Waals surface area contributed by atoms with Gasteiger partial charge in [-0.15, -0.1) is 5.10 Å². The van der Waals surface area contributed by atoms with Crippen LogP contribution in [-0.2, 0) is 10.0 Å². The molecule has 1 aliphatic carbocycles. The monoisotopic (exact) mass is 635 g/mol. The minimum Gasteiger partial charge on any atom is -0.477 e. The molecule has 2 fully saturated rings. The number of nitrogens with zero attached hydrogens (tertiary/aromatic N) is 5. The van der Waals surface area contributed by atoms with Crippen LogP contribution in [0.3, 0.4) is 0 Å². The van der Waals surface area contributed by atoms with Crippen molar-refractivity contribution in [2.45, 2.75) is 91.5 Å². The molecule has 1 amide bonds. The van der Waals surface area contributed by atoms with Crippen molar-refractivity contribution in [2.75, 3.05) is 24.6 Å². The second-order valence-corrected chi connectivity index (χ2v) is 15.4. The van der Waals surface area contributed by atoms with Crippen LogP contribution in [0.2, 0.25) is 0 Å². The summed E-state index contributed by atoms with van der Waals surface area (Å²) in [4.78, 5) is 25.1. The average Bonchev–Trinajstić information content (AvgIpc) is 3.61. The number of pyridine rings is 1. The normalized spacial score (nSPS) is 27.5. The van der Waals surface area contributed by atoms with Gasteiger partial charge >= 0.3 is 0 Å². The van der Waals surface area contributed by atoms with E-state index in [1.165, 1.54) is 30.4 Å². The van der Waals surface area contributed by atoms with E-state index in [1.807, 2.05) is 12.1 Å². The number of aliphatic imine (C=N–C) groups is 1. The van der Waals surface area contributed by atoms with Crippen LogP contribution in [0.4, 0.5) is 5.82 Å². The maximum atomic E-state index is 13.7. The Morgan fingerprint density at radius 1 is 1.16 bits per heavy atom. The summed E-state index contributed by atoms with van der Waals surface area (Å²) >= 11 is 0. The molecule has 0 spiro atoms. The van der Waals surface area contributed by atoms with Gasteiger partial charge in [-0.05, 0) is 94.4 Å². The number of rotatable bonds is 6. The Morgan fingerprint density at radius 2 is 1.98 bits per heavy atom. The van der Waals surface area contributed by atoms with Gasteiger partial charge in [0, 0.05) is 37.3 Å². The number of ether oxygens (including phenoxy) is 1. The molecule has 12 heteroatoms. The zero-order chi connectivity index (χ0) is 32.0. The zero-order valence-corrected chi connectivity index (χ0v) is 27.8. The fraction of sp³-hybridized carbons (Fsp3) is 0.576. The summed E-state index contributed by atoms with van der Waals surface area (Å²) in [6.45, 7) is 12.8. The first-order chi connectivity index (χ1) is 21.4. The molecular weight excluding hydrogens is 590 g/mol. The Hall–Kier alpha value is -3.67. The lowest BCUT2D eigenvalue weighted by atomic mass is 9.59. The quantitative estimate of drug-likeness (QED) is 0.412. The van der Waals surface area contributed by atoms with Gasteiger partial charge in [-0.3, -0.25) is 4.79 Å². The fourth-order valence-electron chi connectivity index (χ4n) is 6.96. The van der Waals surface area contributed by atoms with Crippen molar-refractivity contribution in [2.24, 2.45) is 16.3 Å². The van der Waals surface area contributed by atoms with E-state index >= 15 is 0 Å². The van der Waals surface area contributed by atoms with Crippen LogP contribution in [0.5, 0.6) is 5.88 Å². The van der Waals surface area contributed by atoms with Gasteiger partial charge in [-0.25, -0.2) is 19.4 Å². The van der Waals surface area contributed by atoms with E-state index in [4.69, 9.17) is 9.72 Å². The SMILES string of the molecule is CCC1(C)CCC1CCOc1ccn(-c2ccc3c(n2)N2C/C(=C(\C)CCNC4=CCCC(=N4)S(=O)(=O)NC3=O)CC2(C)C)n1. The highest BCUT2D eigenvalue weighted by Crippen LogP contribution is 2.50. The number of fused-ring (bicyclic) bond motifs is 5. The summed E-state index contributed by atoms with van der Waals surface area (Å²) in [5.41, 5.74) is 2.78. The van der Waals surface area contributed by atoms with Crippen molar-refractivity contribution >= 4 is 26.8 Å². The molecule has 6 rings (SSSR count). The highest BCUT2D eigenvalue weighted by atomic mass is 32.2. The van der Waals surface area contributed by atoms with E-state index in [9.17, 15) is 13.2 Å². The number of allylic oxidation sites excluding steroid dienone is 1. The number of aromatic nitrogens is 3. The number of carbonyl (C=O) groups excluding carboxylic acids is 1. The first-order valence-corrected chi connectivity index (χ1v) is 17.6. The van der Waals surface area contributed by atoms with Gasteiger partial charge in [0.25, 0.3) is 15.9 Å². The summed E-state index contributed by atoms with van der Waals surface area (Å²) in [5, 5.41) is 7.84. The molecular formula is C33H45N7O4S. The van der Waals surface area contributed by atoms with Gasteiger partial charge in [0.1, 0.15) is 11.6 Å². The summed E-state index contributed by atoms with van der Waals surface area (Å²) in [6.07, 6.45) is 10.8. The standard InChI is InChI=1S/C33H45N7O4S/c1-6-33(5)16-12-24(33)15-19-44-28-14-18-40(37-28)27-11-10-25-30(36-27)39-21-23(20-32(39,3)4)22(2)13-17-34-26-8-7-9-29(35-26)45(42,43)38-31(25)41/h8,10-11,14,18,24,34H,6-7,9,12-13,15-17,19-21H2,1-5H3,(H,38,41)/b23-22+. The maximum absolute atomic E-state index is 13.7. The Morgan fingerprint density at radius 3 is 2.73 bits per heavy atom. The van der Waals surface area contributed by atoms with Crippen LogP contribution in [-0.4, -0.2) is 59.4 Å². The third-order valence-electron chi connectivity index (χ3n) is 10.3. The van der Waals surface area contributed by atoms with Crippen LogP contribution < -0.4 is 19.7 Å². The molecule has 4 aliphatic rings. The molecule has 2 N–H and O–H groups in total. The second kappa shape index (κ2) is 11.9. The highest BCUT2D eigenvalue weighted by molar-refractivity contribution is 8.05. The molecule has 2 atom stereocenters. The van der Waals surface area contributed by atoms with Crippen molar-refractivity contribution < 1.29 is 17.9 Å². The molecule has 2 aromatic rings. The van der Waals surface area contributed by atoms with Crippen LogP contribution >= 0.6 is 0 Å². The predicted octanol–water partition coefficient (Wildman–Crippen LogP) is 5.25. The summed E-state index contributed by atoms with van der Waals surface area (Å²) in [5.74, 6) is 1.90. The van der Waals surface area contributed by atoms with Crippen LogP contribution in [0, 0.1) is 11.3 Å². The van der Waals surface area contributed by atoms with Crippen molar-refractivity contribution in [1.82, 2.24) is 24.8 Å². The molecule has 5 heterocycles. The number of hydrogen-bond donors (Lipinski definition) is 2. The molecule has 45 heavy (non-hydrogen) atoms. The van der Waals surface area contributed by atoms with Gasteiger partial charge in [0.05, 0.1) is 12.2 Å². The first-order valence-electron chi connectivity index (χ1n) is 16.1. The summed E-state index contributed by atoms with van der Waals surface area (Å²) in [7, 11) is -4.16. The number of anilines is 1. The Kier molecular flexibility index (Phi) is 8.30. The molecule has 3 aliphatic heterocycles. The summed E-state index contributed by atoms with van der Waals surface area (Å²) < 4.78 is 36.6. The van der Waals surface area contributed by atoms with E-state index in [0.717, 1.165) is 19.3 Å². The maximum Gasteiger partial charge on any atom is 0.277 e. The van der Waals surface area contributed by atoms with E-state index < -0.39 is 15.9 Å². The smallest absolute Gasteiger partial charge is 0.277 e. The van der Waals surface area contributed by atoms with E-state index in [1.54, 1.807) is 23.0 Å². The number of sulfonamides is 1. The molecule has 2 unspecified atom stereocenters. The lowest BCUT2D eigenvalue weighted by molar-refractivity contribution is 0.0284. The van der Waals surface area contributed by atoms with Gasteiger partial charge in [-0.2, -0.15) is 8.42 Å². The minimum absolute atomic E-state index is 0.0558. The molecule has 4 bridgehead atoms. The Labute approximate surface area is 266 Å². The predicted molar refractivity (Wildman–Crippen MR) is 175 cm³/mol. The molecule has 242 valence electrons. The number of hydrogen-bond acceptors (Lipinski definition) is 9. The second-order valence-electron chi connectivity index (χ2n) is 13.7. The van der Waals surface area contributed by atoms with Crippen molar-refractivity contribution in [3.63, 3.8) is 0 Å². The molecule has 1 saturated carbocycles. The van der Waals surface area contributed by atoms with Crippen molar-refractivity contribution in [3.05, 3.63) is 53.0 Å². The lowest BCUT2D eigenvalue weighted by Gasteiger charge is -2.47. The van der Waals surface area contributed by atoms with Gasteiger partial charge in [0.15, 0.2) is 10.9 Å². The minimum atomic E-state index is -4.16. The summed E-state index contributed by atoms with van der Waals surface area (Å²) in [6, 6.07) is 5.14. The van der Waals surface area contributed by atoms with E-state index in [-0.39, 0.29) is 22.6 Å². The number of carbonyl (C=O) groups is 1. The average molecular weight is 636 g/mol. The van der Waals surface area contributed by atoms with Crippen LogP contribution in [0.15, 0.2) is 52.4 Å². The molecule has 11 nitrogen and oxygen atoms in total. The van der Waals surface area contributed by atoms with Crippen LogP contribution in [0.25, 0.3) is 5.82 Å². The molecule has 0 radical (unpaired) electrons. The highest BCUT2D eigenvalue weighted by Gasteiger charge is 2.41. The largest absolute Gasteiger partial charge is 0.477 e. The van der Waals surface area contributed by atoms with Gasteiger partial charge in [0.2, 0.25) is 5.88 Å². The number of nitrogens with one attached hydrogen (secondary N) is 2. The molecule has 0 aromatic carbocycles. The molecule has 1 saturated heterocycles. The lowest BCUT2D eigenvalue weighted by Crippen LogP contribution is -2.42. The molecule has 2 aromatic heterocycles. The van der Waals surface area contributed by atoms with E-state index in [2.05, 4.69) is 59.6 Å². The third kappa shape index (κ3) is 6.25. The number of amides is 1. The van der Waals surface area contributed by atoms with Crippen LogP contribution in [0.1, 0.15) is 96.3 Å². The third-order valence-corrected chi connectivity index (χ3v) is 11.7. The first kappa shape index (κ1) is 31.3. The fourth-order valence-corrected chi connectivity index (χ4v) is 8.03. The van der Waals surface area contributed by atoms with Gasteiger partial charge in [-0.1, -0.05) is 25.8 Å². The zero-order valence-electron chi connectivity index (χ0n) is 27.0. The van der Waals surface area contributed by atoms with Crippen molar-refractivity contribution in [1.29, 1.82) is 0 Å². The van der Waals surface area contributed by atoms with Gasteiger partial charge < -0.3 is 15.0 Å². The van der Waals surface area contributed by atoms with Crippen molar-refractivity contribution in [3.8, 4) is 11.7 Å². The Bertz CT molecular complexity index is 1690. The van der Waals surface area contributed by atoms with E-state index in [0.29, 0.717) is 60.8 Å².